The fourth-order valence-electron chi connectivity index (χ4n) is 3.03. The van der Waals surface area contributed by atoms with Crippen LogP contribution in [0.2, 0.25) is 0 Å². The number of para-hydroxylation sites is 2. The molecule has 2 aliphatic rings. The zero-order chi connectivity index (χ0) is 15.6. The summed E-state index contributed by atoms with van der Waals surface area (Å²) >= 11 is 0. The summed E-state index contributed by atoms with van der Waals surface area (Å²) in [4.78, 5) is 14.4. The van der Waals surface area contributed by atoms with Crippen LogP contribution < -0.4 is 10.2 Å². The lowest BCUT2D eigenvalue weighted by Gasteiger charge is -2.22. The highest BCUT2D eigenvalue weighted by atomic mass is 32.2. The van der Waals surface area contributed by atoms with E-state index in [0.717, 1.165) is 37.3 Å². The molecule has 22 heavy (non-hydrogen) atoms. The summed E-state index contributed by atoms with van der Waals surface area (Å²) in [5.41, 5.74) is 1.77. The van der Waals surface area contributed by atoms with Crippen LogP contribution in [0, 0.1) is 0 Å². The molecule has 0 spiro atoms. The van der Waals surface area contributed by atoms with E-state index in [1.165, 1.54) is 4.31 Å². The second kappa shape index (κ2) is 6.26. The molecule has 0 atom stereocenters. The maximum atomic E-state index is 12.2. The van der Waals surface area contributed by atoms with Gasteiger partial charge in [-0.2, -0.15) is 4.31 Å². The molecule has 7 heteroatoms. The van der Waals surface area contributed by atoms with Gasteiger partial charge >= 0.3 is 0 Å². The van der Waals surface area contributed by atoms with Crippen molar-refractivity contribution in [2.24, 2.45) is 0 Å². The van der Waals surface area contributed by atoms with Crippen LogP contribution in [0.15, 0.2) is 24.3 Å². The highest BCUT2D eigenvalue weighted by Crippen LogP contribution is 2.28. The monoisotopic (exact) mass is 323 g/mol. The van der Waals surface area contributed by atoms with Gasteiger partial charge in [-0.25, -0.2) is 8.42 Å². The average molecular weight is 323 g/mol. The minimum Gasteiger partial charge on any atom is -0.370 e. The lowest BCUT2D eigenvalue weighted by Crippen LogP contribution is -2.34. The Bertz CT molecular complexity index is 654. The lowest BCUT2D eigenvalue weighted by molar-refractivity contribution is -0.116. The molecule has 1 aromatic rings. The third-order valence-corrected chi connectivity index (χ3v) is 6.05. The number of hydrogen-bond donors (Lipinski definition) is 1. The summed E-state index contributed by atoms with van der Waals surface area (Å²) in [6.07, 6.45) is 2.92. The van der Waals surface area contributed by atoms with Crippen LogP contribution in [0.1, 0.15) is 19.3 Å². The number of nitrogens with one attached hydrogen (secondary N) is 1. The Morgan fingerprint density at radius 2 is 1.82 bits per heavy atom. The van der Waals surface area contributed by atoms with Crippen molar-refractivity contribution in [3.63, 3.8) is 0 Å². The van der Waals surface area contributed by atoms with Crippen LogP contribution in [-0.2, 0) is 14.8 Å². The third kappa shape index (κ3) is 3.25. The van der Waals surface area contributed by atoms with Gasteiger partial charge in [-0.15, -0.1) is 0 Å². The van der Waals surface area contributed by atoms with Crippen LogP contribution in [0.4, 0.5) is 11.4 Å². The van der Waals surface area contributed by atoms with E-state index in [9.17, 15) is 13.2 Å². The van der Waals surface area contributed by atoms with Crippen molar-refractivity contribution in [1.29, 1.82) is 0 Å². The van der Waals surface area contributed by atoms with Gasteiger partial charge in [-0.05, 0) is 31.4 Å². The fraction of sp³-hybridized carbons (Fsp3) is 0.533. The molecule has 1 amide bonds. The number of hydrogen-bond acceptors (Lipinski definition) is 4. The minimum absolute atomic E-state index is 0.101. The number of amides is 1. The van der Waals surface area contributed by atoms with E-state index in [-0.39, 0.29) is 18.2 Å². The van der Waals surface area contributed by atoms with Gasteiger partial charge in [0.05, 0.1) is 23.7 Å². The second-order valence-corrected chi connectivity index (χ2v) is 7.85. The minimum atomic E-state index is -3.24. The van der Waals surface area contributed by atoms with E-state index in [0.29, 0.717) is 13.0 Å². The Balaban J connectivity index is 1.69. The Hall–Kier alpha value is -1.60. The van der Waals surface area contributed by atoms with Crippen LogP contribution in [0.25, 0.3) is 0 Å². The normalized spacial score (nSPS) is 21.2. The van der Waals surface area contributed by atoms with Crippen molar-refractivity contribution >= 4 is 27.3 Å². The number of carbonyl (C=O) groups is 1. The largest absolute Gasteiger partial charge is 0.370 e. The lowest BCUT2D eigenvalue weighted by atomic mass is 10.2. The molecule has 0 unspecified atom stereocenters. The van der Waals surface area contributed by atoms with Gasteiger partial charge in [-0.3, -0.25) is 4.79 Å². The van der Waals surface area contributed by atoms with Gasteiger partial charge in [0.1, 0.15) is 0 Å². The highest BCUT2D eigenvalue weighted by molar-refractivity contribution is 7.89. The van der Waals surface area contributed by atoms with E-state index in [1.54, 1.807) is 0 Å². The van der Waals surface area contributed by atoms with Crippen LogP contribution in [-0.4, -0.2) is 50.6 Å². The second-order valence-electron chi connectivity index (χ2n) is 5.76. The molecule has 2 heterocycles. The van der Waals surface area contributed by atoms with Gasteiger partial charge in [0.2, 0.25) is 15.9 Å². The molecule has 2 saturated heterocycles. The van der Waals surface area contributed by atoms with Gasteiger partial charge in [0.15, 0.2) is 0 Å². The van der Waals surface area contributed by atoms with Crippen molar-refractivity contribution in [2.75, 3.05) is 42.1 Å². The predicted octanol–water partition coefficient (Wildman–Crippen LogP) is 1.26. The van der Waals surface area contributed by atoms with E-state index in [2.05, 4.69) is 10.2 Å². The standard InChI is InChI=1S/C15H21N3O3S/c19-15(12-18-10-5-11-22(18,20)21)16-13-6-1-2-7-14(13)17-8-3-4-9-17/h1-2,6-7H,3-5,8-12H2,(H,16,19). The van der Waals surface area contributed by atoms with Gasteiger partial charge in [0, 0.05) is 19.6 Å². The summed E-state index contributed by atoms with van der Waals surface area (Å²) in [6, 6.07) is 7.69. The maximum Gasteiger partial charge on any atom is 0.239 e. The Labute approximate surface area is 131 Å². The van der Waals surface area contributed by atoms with Crippen molar-refractivity contribution in [3.8, 4) is 0 Å². The molecule has 0 aliphatic carbocycles. The first-order chi connectivity index (χ1) is 10.6. The summed E-state index contributed by atoms with van der Waals surface area (Å²) in [5.74, 6) is -0.137. The summed E-state index contributed by atoms with van der Waals surface area (Å²) < 4.78 is 24.8. The van der Waals surface area contributed by atoms with Crippen LogP contribution >= 0.6 is 0 Å². The molecular formula is C15H21N3O3S. The highest BCUT2D eigenvalue weighted by Gasteiger charge is 2.30. The number of benzene rings is 1. The molecule has 0 saturated carbocycles. The van der Waals surface area contributed by atoms with Gasteiger partial charge < -0.3 is 10.2 Å². The summed E-state index contributed by atoms with van der Waals surface area (Å²) in [7, 11) is -3.24. The summed E-state index contributed by atoms with van der Waals surface area (Å²) in [6.45, 7) is 2.32. The zero-order valence-electron chi connectivity index (χ0n) is 12.5. The first-order valence-electron chi connectivity index (χ1n) is 7.68. The molecular weight excluding hydrogens is 302 g/mol. The van der Waals surface area contributed by atoms with Crippen molar-refractivity contribution in [3.05, 3.63) is 24.3 Å². The Morgan fingerprint density at radius 1 is 1.09 bits per heavy atom. The first-order valence-corrected chi connectivity index (χ1v) is 9.29. The number of rotatable bonds is 4. The van der Waals surface area contributed by atoms with Crippen molar-refractivity contribution in [1.82, 2.24) is 4.31 Å². The number of nitrogens with zero attached hydrogens (tertiary/aromatic N) is 2. The van der Waals surface area contributed by atoms with E-state index in [1.807, 2.05) is 24.3 Å². The number of anilines is 2. The summed E-state index contributed by atoms with van der Waals surface area (Å²) in [5, 5.41) is 2.87. The van der Waals surface area contributed by atoms with Gasteiger partial charge in [0.25, 0.3) is 0 Å². The molecule has 1 N–H and O–H groups in total. The first kappa shape index (κ1) is 15.3. The van der Waals surface area contributed by atoms with E-state index < -0.39 is 10.0 Å². The predicted molar refractivity (Wildman–Crippen MR) is 86.5 cm³/mol. The molecule has 120 valence electrons. The number of carbonyl (C=O) groups excluding carboxylic acids is 1. The SMILES string of the molecule is O=C(CN1CCCS1(=O)=O)Nc1ccccc1N1CCCC1. The molecule has 2 fully saturated rings. The zero-order valence-corrected chi connectivity index (χ0v) is 13.3. The van der Waals surface area contributed by atoms with Crippen molar-refractivity contribution in [2.45, 2.75) is 19.3 Å². The van der Waals surface area contributed by atoms with Crippen LogP contribution in [0.3, 0.4) is 0 Å². The third-order valence-electron chi connectivity index (χ3n) is 4.15. The molecule has 1 aromatic carbocycles. The molecule has 0 aromatic heterocycles. The molecule has 2 aliphatic heterocycles. The quantitative estimate of drug-likeness (QED) is 0.906. The smallest absolute Gasteiger partial charge is 0.239 e. The molecule has 0 radical (unpaired) electrons. The van der Waals surface area contributed by atoms with Gasteiger partial charge in [-0.1, -0.05) is 12.1 Å². The number of sulfonamides is 1. The topological polar surface area (TPSA) is 69.7 Å². The Kier molecular flexibility index (Phi) is 4.35. The molecule has 0 bridgehead atoms. The Morgan fingerprint density at radius 3 is 2.50 bits per heavy atom. The molecule has 6 nitrogen and oxygen atoms in total. The van der Waals surface area contributed by atoms with E-state index >= 15 is 0 Å². The average Bonchev–Trinajstić information content (AvgIpc) is 3.10. The van der Waals surface area contributed by atoms with Crippen LogP contribution in [0.5, 0.6) is 0 Å². The molecule has 3 rings (SSSR count). The maximum absolute atomic E-state index is 12.2. The van der Waals surface area contributed by atoms with Crippen molar-refractivity contribution < 1.29 is 13.2 Å². The van der Waals surface area contributed by atoms with E-state index in [4.69, 9.17) is 0 Å². The fourth-order valence-corrected chi connectivity index (χ4v) is 4.51.